The highest BCUT2D eigenvalue weighted by molar-refractivity contribution is 5.06. The van der Waals surface area contributed by atoms with Gasteiger partial charge < -0.3 is 5.32 Å². The maximum Gasteiger partial charge on any atom is 0.0547 e. The largest absolute Gasteiger partial charge is 0.305 e. The van der Waals surface area contributed by atoms with Gasteiger partial charge in [-0.3, -0.25) is 4.68 Å². The van der Waals surface area contributed by atoms with Crippen LogP contribution in [-0.4, -0.2) is 15.8 Å². The van der Waals surface area contributed by atoms with Crippen molar-refractivity contribution in [3.05, 3.63) is 18.0 Å². The summed E-state index contributed by atoms with van der Waals surface area (Å²) in [6, 6.07) is 2.70. The summed E-state index contributed by atoms with van der Waals surface area (Å²) in [5.41, 5.74) is 1.19. The predicted molar refractivity (Wildman–Crippen MR) is 62.3 cm³/mol. The molecule has 3 nitrogen and oxygen atoms in total. The molecule has 0 aromatic carbocycles. The summed E-state index contributed by atoms with van der Waals surface area (Å²) in [5, 5.41) is 7.66. The quantitative estimate of drug-likeness (QED) is 0.744. The molecule has 2 unspecified atom stereocenters. The summed E-state index contributed by atoms with van der Waals surface area (Å²) in [4.78, 5) is 0. The zero-order valence-electron chi connectivity index (χ0n) is 9.70. The second-order valence-corrected chi connectivity index (χ2v) is 3.78. The number of terminal acetylenes is 1. The molecule has 0 bridgehead atoms. The Bertz CT molecular complexity index is 335. The molecule has 0 aliphatic heterocycles. The average Bonchev–Trinajstić information content (AvgIpc) is 2.63. The van der Waals surface area contributed by atoms with Gasteiger partial charge in [0.05, 0.1) is 5.69 Å². The molecular formula is C12H19N3. The van der Waals surface area contributed by atoms with Crippen LogP contribution in [0, 0.1) is 12.3 Å². The number of hydrogen-bond donors (Lipinski definition) is 1. The van der Waals surface area contributed by atoms with Crippen LogP contribution in [0.15, 0.2) is 12.3 Å². The maximum atomic E-state index is 5.32. The van der Waals surface area contributed by atoms with Gasteiger partial charge in [0.2, 0.25) is 0 Å². The molecule has 3 heteroatoms. The summed E-state index contributed by atoms with van der Waals surface area (Å²) in [6.45, 7) is 4.28. The highest BCUT2D eigenvalue weighted by Gasteiger charge is 2.13. The Labute approximate surface area is 91.9 Å². The van der Waals surface area contributed by atoms with E-state index in [2.05, 4.69) is 30.2 Å². The minimum absolute atomic E-state index is 0.288. The molecule has 0 amide bonds. The molecule has 82 valence electrons. The maximum absolute atomic E-state index is 5.32. The normalized spacial score (nSPS) is 14.5. The monoisotopic (exact) mass is 205 g/mol. The lowest BCUT2D eigenvalue weighted by Crippen LogP contribution is -2.31. The van der Waals surface area contributed by atoms with Gasteiger partial charge in [-0.2, -0.15) is 5.10 Å². The van der Waals surface area contributed by atoms with Gasteiger partial charge in [-0.15, -0.1) is 12.3 Å². The Hall–Kier alpha value is -1.27. The highest BCUT2D eigenvalue weighted by atomic mass is 15.3. The van der Waals surface area contributed by atoms with E-state index in [9.17, 15) is 0 Å². The fourth-order valence-electron chi connectivity index (χ4n) is 1.71. The van der Waals surface area contributed by atoms with Gasteiger partial charge >= 0.3 is 0 Å². The molecule has 0 saturated heterocycles. The SMILES string of the molecule is C#CCC(CC)NC(C)c1ccnn1C. The summed E-state index contributed by atoms with van der Waals surface area (Å²) in [7, 11) is 1.95. The molecule has 1 heterocycles. The van der Waals surface area contributed by atoms with Crippen molar-refractivity contribution in [2.45, 2.75) is 38.8 Å². The van der Waals surface area contributed by atoms with Crippen molar-refractivity contribution in [3.63, 3.8) is 0 Å². The van der Waals surface area contributed by atoms with E-state index in [1.54, 1.807) is 0 Å². The van der Waals surface area contributed by atoms with Crippen LogP contribution in [0.4, 0.5) is 0 Å². The van der Waals surface area contributed by atoms with Gasteiger partial charge in [-0.1, -0.05) is 6.92 Å². The van der Waals surface area contributed by atoms with E-state index in [0.717, 1.165) is 12.8 Å². The lowest BCUT2D eigenvalue weighted by atomic mass is 10.1. The van der Waals surface area contributed by atoms with E-state index in [-0.39, 0.29) is 6.04 Å². The van der Waals surface area contributed by atoms with E-state index < -0.39 is 0 Å². The molecule has 2 atom stereocenters. The Morgan fingerprint density at radius 1 is 1.67 bits per heavy atom. The minimum Gasteiger partial charge on any atom is -0.305 e. The van der Waals surface area contributed by atoms with Crippen LogP contribution >= 0.6 is 0 Å². The molecule has 0 aliphatic rings. The van der Waals surface area contributed by atoms with E-state index in [0.29, 0.717) is 6.04 Å². The van der Waals surface area contributed by atoms with Crippen molar-refractivity contribution in [2.75, 3.05) is 0 Å². The zero-order chi connectivity index (χ0) is 11.3. The van der Waals surface area contributed by atoms with Crippen LogP contribution in [0.3, 0.4) is 0 Å². The van der Waals surface area contributed by atoms with Gasteiger partial charge in [0, 0.05) is 31.7 Å². The van der Waals surface area contributed by atoms with Crippen LogP contribution < -0.4 is 5.32 Å². The molecular weight excluding hydrogens is 186 g/mol. The number of aromatic nitrogens is 2. The second kappa shape index (κ2) is 5.57. The van der Waals surface area contributed by atoms with Gasteiger partial charge in [-0.25, -0.2) is 0 Å². The molecule has 15 heavy (non-hydrogen) atoms. The van der Waals surface area contributed by atoms with Gasteiger partial charge in [-0.05, 0) is 19.4 Å². The molecule has 0 radical (unpaired) electrons. The summed E-state index contributed by atoms with van der Waals surface area (Å²) in [5.74, 6) is 2.70. The second-order valence-electron chi connectivity index (χ2n) is 3.78. The van der Waals surface area contributed by atoms with Crippen molar-refractivity contribution in [1.29, 1.82) is 0 Å². The fraction of sp³-hybridized carbons (Fsp3) is 0.583. The Balaban J connectivity index is 2.59. The Morgan fingerprint density at radius 2 is 2.40 bits per heavy atom. The summed E-state index contributed by atoms with van der Waals surface area (Å²) >= 11 is 0. The van der Waals surface area contributed by atoms with Crippen molar-refractivity contribution >= 4 is 0 Å². The Kier molecular flexibility index (Phi) is 4.38. The van der Waals surface area contributed by atoms with Gasteiger partial charge in [0.25, 0.3) is 0 Å². The zero-order valence-corrected chi connectivity index (χ0v) is 9.70. The first-order valence-corrected chi connectivity index (χ1v) is 5.36. The Morgan fingerprint density at radius 3 is 2.87 bits per heavy atom. The van der Waals surface area contributed by atoms with Crippen molar-refractivity contribution in [2.24, 2.45) is 7.05 Å². The predicted octanol–water partition coefficient (Wildman–Crippen LogP) is 1.87. The molecule has 0 spiro atoms. The van der Waals surface area contributed by atoms with Crippen molar-refractivity contribution in [1.82, 2.24) is 15.1 Å². The molecule has 1 rings (SSSR count). The first-order valence-electron chi connectivity index (χ1n) is 5.36. The molecule has 1 aromatic rings. The molecule has 0 fully saturated rings. The third-order valence-electron chi connectivity index (χ3n) is 2.65. The third-order valence-corrected chi connectivity index (χ3v) is 2.65. The van der Waals surface area contributed by atoms with Gasteiger partial charge in [0.1, 0.15) is 0 Å². The van der Waals surface area contributed by atoms with Crippen LogP contribution in [0.1, 0.15) is 38.4 Å². The molecule has 0 saturated carbocycles. The average molecular weight is 205 g/mol. The van der Waals surface area contributed by atoms with Crippen LogP contribution in [0.5, 0.6) is 0 Å². The third kappa shape index (κ3) is 3.10. The lowest BCUT2D eigenvalue weighted by Gasteiger charge is -2.20. The first-order chi connectivity index (χ1) is 7.19. The van der Waals surface area contributed by atoms with Crippen LogP contribution in [0.2, 0.25) is 0 Å². The number of aryl methyl sites for hydroxylation is 1. The summed E-state index contributed by atoms with van der Waals surface area (Å²) in [6.07, 6.45) is 8.96. The van der Waals surface area contributed by atoms with E-state index in [1.807, 2.05) is 24.0 Å². The molecule has 0 aliphatic carbocycles. The molecule has 1 aromatic heterocycles. The fourth-order valence-corrected chi connectivity index (χ4v) is 1.71. The topological polar surface area (TPSA) is 29.9 Å². The van der Waals surface area contributed by atoms with Crippen LogP contribution in [0.25, 0.3) is 0 Å². The van der Waals surface area contributed by atoms with E-state index >= 15 is 0 Å². The first kappa shape index (κ1) is 11.8. The summed E-state index contributed by atoms with van der Waals surface area (Å²) < 4.78 is 1.89. The number of nitrogens with one attached hydrogen (secondary N) is 1. The standard InChI is InChI=1S/C12H19N3/c1-5-7-11(6-2)14-10(3)12-8-9-13-15(12)4/h1,8-11,14H,6-7H2,2-4H3. The van der Waals surface area contributed by atoms with Crippen molar-refractivity contribution in [3.8, 4) is 12.3 Å². The van der Waals surface area contributed by atoms with E-state index in [1.165, 1.54) is 5.69 Å². The van der Waals surface area contributed by atoms with Crippen LogP contribution in [-0.2, 0) is 7.05 Å². The smallest absolute Gasteiger partial charge is 0.0547 e. The van der Waals surface area contributed by atoms with E-state index in [4.69, 9.17) is 6.42 Å². The number of nitrogens with zero attached hydrogens (tertiary/aromatic N) is 2. The molecule has 1 N–H and O–H groups in total. The van der Waals surface area contributed by atoms with Crippen molar-refractivity contribution < 1.29 is 0 Å². The highest BCUT2D eigenvalue weighted by Crippen LogP contribution is 2.12. The lowest BCUT2D eigenvalue weighted by molar-refractivity contribution is 0.432. The number of hydrogen-bond acceptors (Lipinski definition) is 2. The minimum atomic E-state index is 0.288. The number of rotatable bonds is 5. The van der Waals surface area contributed by atoms with Gasteiger partial charge in [0.15, 0.2) is 0 Å².